The zero-order valence-electron chi connectivity index (χ0n) is 12.7. The molecule has 0 amide bonds. The molecule has 1 aliphatic heterocycles. The van der Waals surface area contributed by atoms with Crippen LogP contribution >= 0.6 is 0 Å². The molecule has 0 spiro atoms. The molecule has 112 valence electrons. The number of para-hydroxylation sites is 1. The van der Waals surface area contributed by atoms with Crippen molar-refractivity contribution in [2.24, 2.45) is 0 Å². The van der Waals surface area contributed by atoms with Crippen LogP contribution in [0.2, 0.25) is 0 Å². The largest absolute Gasteiger partial charge is 0.494 e. The second kappa shape index (κ2) is 6.31. The first-order valence-corrected chi connectivity index (χ1v) is 7.66. The van der Waals surface area contributed by atoms with E-state index in [1.807, 2.05) is 26.0 Å². The van der Waals surface area contributed by atoms with Gasteiger partial charge in [-0.25, -0.2) is 0 Å². The number of aromatic nitrogens is 1. The van der Waals surface area contributed by atoms with Gasteiger partial charge in [-0.2, -0.15) is 0 Å². The first-order chi connectivity index (χ1) is 10.3. The van der Waals surface area contributed by atoms with E-state index < -0.39 is 0 Å². The van der Waals surface area contributed by atoms with Crippen molar-refractivity contribution in [1.29, 1.82) is 0 Å². The molecule has 1 aliphatic rings. The van der Waals surface area contributed by atoms with Crippen molar-refractivity contribution in [2.75, 3.05) is 13.2 Å². The number of rotatable bonds is 5. The number of nitrogens with zero attached hydrogens (tertiary/aromatic N) is 2. The maximum Gasteiger partial charge on any atom is 0.154 e. The summed E-state index contributed by atoms with van der Waals surface area (Å²) in [7, 11) is 0. The standard InChI is InChI=1S/C17H22N2O2/c1-3-20-16-9-5-4-7-14(16)12-19-10-6-8-15(19)17-11-13(2)18-21-17/h4-5,7,9,11,15H,3,6,8,10,12H2,1-2H3/t15-/m0/s1. The van der Waals surface area contributed by atoms with E-state index in [4.69, 9.17) is 9.26 Å². The van der Waals surface area contributed by atoms with Gasteiger partial charge in [0.15, 0.2) is 5.76 Å². The van der Waals surface area contributed by atoms with Crippen LogP contribution in [0.5, 0.6) is 5.75 Å². The molecule has 3 rings (SSSR count). The van der Waals surface area contributed by atoms with Crippen LogP contribution in [0, 0.1) is 6.92 Å². The summed E-state index contributed by atoms with van der Waals surface area (Å²) < 4.78 is 11.2. The van der Waals surface area contributed by atoms with Crippen LogP contribution < -0.4 is 4.74 Å². The van der Waals surface area contributed by atoms with E-state index in [1.165, 1.54) is 12.0 Å². The second-order valence-electron chi connectivity index (χ2n) is 5.54. The van der Waals surface area contributed by atoms with Crippen molar-refractivity contribution in [3.63, 3.8) is 0 Å². The minimum Gasteiger partial charge on any atom is -0.494 e. The Labute approximate surface area is 125 Å². The fourth-order valence-corrected chi connectivity index (χ4v) is 3.03. The number of hydrogen-bond donors (Lipinski definition) is 0. The third kappa shape index (κ3) is 3.10. The lowest BCUT2D eigenvalue weighted by atomic mass is 10.1. The van der Waals surface area contributed by atoms with Gasteiger partial charge in [0, 0.05) is 18.2 Å². The highest BCUT2D eigenvalue weighted by Gasteiger charge is 2.29. The summed E-state index contributed by atoms with van der Waals surface area (Å²) in [6.07, 6.45) is 2.33. The van der Waals surface area contributed by atoms with E-state index in [-0.39, 0.29) is 0 Å². The van der Waals surface area contributed by atoms with Crippen LogP contribution in [0.25, 0.3) is 0 Å². The summed E-state index contributed by atoms with van der Waals surface area (Å²) in [5.74, 6) is 1.97. The van der Waals surface area contributed by atoms with E-state index in [1.54, 1.807) is 0 Å². The summed E-state index contributed by atoms with van der Waals surface area (Å²) in [4.78, 5) is 2.46. The Morgan fingerprint density at radius 3 is 3.00 bits per heavy atom. The Hall–Kier alpha value is -1.81. The normalized spacial score (nSPS) is 19.0. The lowest BCUT2D eigenvalue weighted by Gasteiger charge is -2.23. The van der Waals surface area contributed by atoms with E-state index >= 15 is 0 Å². The molecule has 2 heterocycles. The summed E-state index contributed by atoms with van der Waals surface area (Å²) in [6, 6.07) is 10.7. The van der Waals surface area contributed by atoms with Gasteiger partial charge >= 0.3 is 0 Å². The third-order valence-electron chi connectivity index (χ3n) is 3.98. The Morgan fingerprint density at radius 2 is 2.24 bits per heavy atom. The van der Waals surface area contributed by atoms with Crippen LogP contribution in [0.3, 0.4) is 0 Å². The van der Waals surface area contributed by atoms with Crippen molar-refractivity contribution in [2.45, 2.75) is 39.3 Å². The van der Waals surface area contributed by atoms with Crippen molar-refractivity contribution < 1.29 is 9.26 Å². The Bertz CT molecular complexity index is 594. The highest BCUT2D eigenvalue weighted by atomic mass is 16.5. The number of likely N-dealkylation sites (tertiary alicyclic amines) is 1. The van der Waals surface area contributed by atoms with Crippen LogP contribution in [-0.2, 0) is 6.54 Å². The summed E-state index contributed by atoms with van der Waals surface area (Å²) in [6.45, 7) is 6.66. The smallest absolute Gasteiger partial charge is 0.154 e. The maximum absolute atomic E-state index is 5.73. The van der Waals surface area contributed by atoms with E-state index in [0.717, 1.165) is 36.7 Å². The quantitative estimate of drug-likeness (QED) is 0.839. The van der Waals surface area contributed by atoms with Gasteiger partial charge in [0.25, 0.3) is 0 Å². The first kappa shape index (κ1) is 14.1. The van der Waals surface area contributed by atoms with Crippen molar-refractivity contribution in [3.05, 3.63) is 47.3 Å². The molecule has 1 fully saturated rings. The van der Waals surface area contributed by atoms with Crippen LogP contribution in [0.15, 0.2) is 34.9 Å². The van der Waals surface area contributed by atoms with E-state index in [2.05, 4.69) is 28.3 Å². The van der Waals surface area contributed by atoms with Crippen LogP contribution in [0.1, 0.15) is 42.8 Å². The molecule has 2 aromatic rings. The lowest BCUT2D eigenvalue weighted by Crippen LogP contribution is -2.22. The Morgan fingerprint density at radius 1 is 1.38 bits per heavy atom. The highest BCUT2D eigenvalue weighted by Crippen LogP contribution is 2.34. The average molecular weight is 286 g/mol. The first-order valence-electron chi connectivity index (χ1n) is 7.66. The van der Waals surface area contributed by atoms with Gasteiger partial charge in [0.2, 0.25) is 0 Å². The number of hydrogen-bond acceptors (Lipinski definition) is 4. The fraction of sp³-hybridized carbons (Fsp3) is 0.471. The fourth-order valence-electron chi connectivity index (χ4n) is 3.03. The van der Waals surface area contributed by atoms with Crippen molar-refractivity contribution >= 4 is 0 Å². The molecule has 1 aromatic carbocycles. The third-order valence-corrected chi connectivity index (χ3v) is 3.98. The van der Waals surface area contributed by atoms with Crippen molar-refractivity contribution in [3.8, 4) is 5.75 Å². The number of aryl methyl sites for hydroxylation is 1. The molecule has 1 atom stereocenters. The maximum atomic E-state index is 5.73. The minimum atomic E-state index is 0.334. The highest BCUT2D eigenvalue weighted by molar-refractivity contribution is 5.33. The molecular formula is C17H22N2O2. The predicted molar refractivity (Wildman–Crippen MR) is 81.2 cm³/mol. The second-order valence-corrected chi connectivity index (χ2v) is 5.54. The predicted octanol–water partition coefficient (Wildman–Crippen LogP) is 3.72. The molecule has 4 heteroatoms. The molecular weight excluding hydrogens is 264 g/mol. The number of ether oxygens (including phenoxy) is 1. The molecule has 4 nitrogen and oxygen atoms in total. The van der Waals surface area contributed by atoms with Gasteiger partial charge in [-0.05, 0) is 39.3 Å². The van der Waals surface area contributed by atoms with E-state index in [0.29, 0.717) is 12.6 Å². The van der Waals surface area contributed by atoms with Crippen LogP contribution in [0.4, 0.5) is 0 Å². The molecule has 0 bridgehead atoms. The topological polar surface area (TPSA) is 38.5 Å². The zero-order valence-corrected chi connectivity index (χ0v) is 12.7. The molecule has 0 saturated carbocycles. The zero-order chi connectivity index (χ0) is 14.7. The number of benzene rings is 1. The Kier molecular flexibility index (Phi) is 4.25. The van der Waals surface area contributed by atoms with Crippen molar-refractivity contribution in [1.82, 2.24) is 10.1 Å². The summed E-state index contributed by atoms with van der Waals surface area (Å²) in [5.41, 5.74) is 2.19. The molecule has 0 radical (unpaired) electrons. The van der Waals surface area contributed by atoms with Gasteiger partial charge in [-0.1, -0.05) is 23.4 Å². The lowest BCUT2D eigenvalue weighted by molar-refractivity contribution is 0.203. The molecule has 0 N–H and O–H groups in total. The minimum absolute atomic E-state index is 0.334. The van der Waals surface area contributed by atoms with Gasteiger partial charge in [-0.3, -0.25) is 4.90 Å². The van der Waals surface area contributed by atoms with Gasteiger partial charge in [-0.15, -0.1) is 0 Å². The summed E-state index contributed by atoms with van der Waals surface area (Å²) in [5, 5.41) is 4.02. The van der Waals surface area contributed by atoms with Gasteiger partial charge < -0.3 is 9.26 Å². The molecule has 0 unspecified atom stereocenters. The molecule has 21 heavy (non-hydrogen) atoms. The Balaban J connectivity index is 1.77. The van der Waals surface area contributed by atoms with E-state index in [9.17, 15) is 0 Å². The van der Waals surface area contributed by atoms with Crippen LogP contribution in [-0.4, -0.2) is 23.2 Å². The molecule has 1 saturated heterocycles. The monoisotopic (exact) mass is 286 g/mol. The summed E-state index contributed by atoms with van der Waals surface area (Å²) >= 11 is 0. The average Bonchev–Trinajstić information content (AvgIpc) is 3.10. The molecule has 0 aliphatic carbocycles. The van der Waals surface area contributed by atoms with Gasteiger partial charge in [0.05, 0.1) is 18.3 Å². The van der Waals surface area contributed by atoms with Gasteiger partial charge in [0.1, 0.15) is 5.75 Å². The molecule has 1 aromatic heterocycles. The SMILES string of the molecule is CCOc1ccccc1CN1CCC[C@H]1c1cc(C)no1.